The van der Waals surface area contributed by atoms with Gasteiger partial charge in [-0.2, -0.15) is 4.98 Å². The molecule has 0 N–H and O–H groups in total. The summed E-state index contributed by atoms with van der Waals surface area (Å²) in [5.74, 6) is 1.12. The molecule has 1 aromatic carbocycles. The van der Waals surface area contributed by atoms with Gasteiger partial charge in [-0.3, -0.25) is 4.40 Å². The van der Waals surface area contributed by atoms with Crippen LogP contribution < -0.4 is 4.74 Å². The summed E-state index contributed by atoms with van der Waals surface area (Å²) in [4.78, 5) is 16.8. The van der Waals surface area contributed by atoms with Crippen molar-refractivity contribution in [2.75, 3.05) is 0 Å². The van der Waals surface area contributed by atoms with Gasteiger partial charge in [0.2, 0.25) is 11.7 Å². The van der Waals surface area contributed by atoms with Gasteiger partial charge in [-0.05, 0) is 5.56 Å². The Balaban J connectivity index is 1.60. The van der Waals surface area contributed by atoms with Crippen LogP contribution in [0, 0.1) is 0 Å². The largest absolute Gasteiger partial charge is 0.473 e. The van der Waals surface area contributed by atoms with Crippen LogP contribution in [-0.4, -0.2) is 24.3 Å². The number of fused-ring (bicyclic) bond motifs is 1. The number of hydrogen-bond donors (Lipinski definition) is 0. The average molecular weight is 303 g/mol. The van der Waals surface area contributed by atoms with Crippen LogP contribution in [0.25, 0.3) is 17.0 Å². The van der Waals surface area contributed by atoms with Gasteiger partial charge in [-0.1, -0.05) is 30.3 Å². The summed E-state index contributed by atoms with van der Waals surface area (Å²) in [5, 5.41) is 0. The van der Waals surface area contributed by atoms with E-state index in [2.05, 4.69) is 19.9 Å². The zero-order valence-corrected chi connectivity index (χ0v) is 12.2. The lowest BCUT2D eigenvalue weighted by molar-refractivity contribution is 0.294. The predicted octanol–water partition coefficient (Wildman–Crippen LogP) is 2.77. The third-order valence-electron chi connectivity index (χ3n) is 3.44. The quantitative estimate of drug-likeness (QED) is 0.580. The third-order valence-corrected chi connectivity index (χ3v) is 3.44. The second-order valence-corrected chi connectivity index (χ2v) is 4.98. The molecule has 3 heterocycles. The van der Waals surface area contributed by atoms with Crippen molar-refractivity contribution in [1.82, 2.24) is 24.3 Å². The maximum atomic E-state index is 5.73. The number of aromatic nitrogens is 5. The van der Waals surface area contributed by atoms with Crippen molar-refractivity contribution in [1.29, 1.82) is 0 Å². The molecule has 112 valence electrons. The second kappa shape index (κ2) is 5.84. The van der Waals surface area contributed by atoms with Gasteiger partial charge >= 0.3 is 0 Å². The Morgan fingerprint density at radius 2 is 1.78 bits per heavy atom. The van der Waals surface area contributed by atoms with E-state index in [-0.39, 0.29) is 0 Å². The molecule has 0 aliphatic heterocycles. The minimum Gasteiger partial charge on any atom is -0.473 e. The first kappa shape index (κ1) is 13.4. The summed E-state index contributed by atoms with van der Waals surface area (Å²) in [6.45, 7) is 0.476. The molecule has 0 bridgehead atoms. The zero-order chi connectivity index (χ0) is 15.5. The van der Waals surface area contributed by atoms with Gasteiger partial charge in [0.05, 0.1) is 11.9 Å². The van der Waals surface area contributed by atoms with Crippen LogP contribution in [0.5, 0.6) is 5.88 Å². The minimum absolute atomic E-state index is 0.476. The fourth-order valence-corrected chi connectivity index (χ4v) is 2.31. The van der Waals surface area contributed by atoms with Crippen LogP contribution in [-0.2, 0) is 6.61 Å². The van der Waals surface area contributed by atoms with E-state index in [0.29, 0.717) is 18.3 Å². The first-order valence-electron chi connectivity index (χ1n) is 7.16. The van der Waals surface area contributed by atoms with E-state index in [9.17, 15) is 0 Å². The topological polar surface area (TPSA) is 65.2 Å². The molecule has 6 nitrogen and oxygen atoms in total. The molecular formula is C17H13N5O. The molecule has 0 amide bonds. The number of benzene rings is 1. The smallest absolute Gasteiger partial charge is 0.237 e. The Kier molecular flexibility index (Phi) is 3.40. The van der Waals surface area contributed by atoms with E-state index in [1.807, 2.05) is 47.0 Å². The summed E-state index contributed by atoms with van der Waals surface area (Å²) in [7, 11) is 0. The number of nitrogens with zero attached hydrogens (tertiary/aromatic N) is 5. The average Bonchev–Trinajstić information content (AvgIpc) is 3.05. The van der Waals surface area contributed by atoms with Crippen molar-refractivity contribution in [3.8, 4) is 17.1 Å². The molecule has 0 aliphatic carbocycles. The van der Waals surface area contributed by atoms with Gasteiger partial charge in [0.15, 0.2) is 0 Å². The highest BCUT2D eigenvalue weighted by Crippen LogP contribution is 2.20. The SMILES string of the molecule is c1ccc(COc2ccn3c(-c4cncnc4)cnc3n2)cc1. The molecule has 0 atom stereocenters. The van der Waals surface area contributed by atoms with Gasteiger partial charge < -0.3 is 4.74 Å². The lowest BCUT2D eigenvalue weighted by atomic mass is 10.2. The van der Waals surface area contributed by atoms with Crippen molar-refractivity contribution in [2.45, 2.75) is 6.61 Å². The highest BCUT2D eigenvalue weighted by molar-refractivity contribution is 5.60. The van der Waals surface area contributed by atoms with Gasteiger partial charge in [0.25, 0.3) is 0 Å². The van der Waals surface area contributed by atoms with Crippen LogP contribution in [0.4, 0.5) is 0 Å². The highest BCUT2D eigenvalue weighted by atomic mass is 16.5. The summed E-state index contributed by atoms with van der Waals surface area (Å²) in [6.07, 6.45) is 8.63. The Morgan fingerprint density at radius 3 is 2.61 bits per heavy atom. The first-order chi connectivity index (χ1) is 11.4. The number of imidazole rings is 1. The lowest BCUT2D eigenvalue weighted by Gasteiger charge is -2.06. The van der Waals surface area contributed by atoms with Crippen LogP contribution in [0.2, 0.25) is 0 Å². The first-order valence-corrected chi connectivity index (χ1v) is 7.16. The highest BCUT2D eigenvalue weighted by Gasteiger charge is 2.08. The normalized spacial score (nSPS) is 10.8. The van der Waals surface area contributed by atoms with Crippen molar-refractivity contribution in [3.63, 3.8) is 0 Å². The molecule has 0 fully saturated rings. The third kappa shape index (κ3) is 2.74. The molecule has 4 aromatic rings. The Morgan fingerprint density at radius 1 is 0.957 bits per heavy atom. The van der Waals surface area contributed by atoms with Crippen molar-refractivity contribution >= 4 is 5.78 Å². The van der Waals surface area contributed by atoms with Crippen LogP contribution >= 0.6 is 0 Å². The summed E-state index contributed by atoms with van der Waals surface area (Å²) in [5.41, 5.74) is 2.88. The van der Waals surface area contributed by atoms with E-state index in [0.717, 1.165) is 16.8 Å². The number of hydrogen-bond acceptors (Lipinski definition) is 5. The van der Waals surface area contributed by atoms with Crippen molar-refractivity contribution < 1.29 is 4.74 Å². The molecule has 4 rings (SSSR count). The standard InChI is InChI=1S/C17H13N5O/c1-2-4-13(5-3-1)11-23-16-6-7-22-15(10-20-17(22)21-16)14-8-18-12-19-9-14/h1-10,12H,11H2. The summed E-state index contributed by atoms with van der Waals surface area (Å²) >= 11 is 0. The molecule has 23 heavy (non-hydrogen) atoms. The molecular weight excluding hydrogens is 290 g/mol. The molecule has 0 spiro atoms. The van der Waals surface area contributed by atoms with E-state index in [4.69, 9.17) is 4.74 Å². The number of ether oxygens (including phenoxy) is 1. The van der Waals surface area contributed by atoms with E-state index in [1.54, 1.807) is 18.6 Å². The van der Waals surface area contributed by atoms with Gasteiger partial charge in [-0.25, -0.2) is 15.0 Å². The molecule has 6 heteroatoms. The van der Waals surface area contributed by atoms with Crippen molar-refractivity contribution in [3.05, 3.63) is 73.1 Å². The van der Waals surface area contributed by atoms with Gasteiger partial charge in [0.1, 0.15) is 12.9 Å². The van der Waals surface area contributed by atoms with Crippen LogP contribution in [0.1, 0.15) is 5.56 Å². The second-order valence-electron chi connectivity index (χ2n) is 4.98. The molecule has 3 aromatic heterocycles. The number of rotatable bonds is 4. The van der Waals surface area contributed by atoms with Gasteiger partial charge in [-0.15, -0.1) is 0 Å². The summed E-state index contributed by atoms with van der Waals surface area (Å²) in [6, 6.07) is 11.8. The van der Waals surface area contributed by atoms with Crippen LogP contribution in [0.15, 0.2) is 67.5 Å². The maximum absolute atomic E-state index is 5.73. The van der Waals surface area contributed by atoms with Crippen molar-refractivity contribution in [2.24, 2.45) is 0 Å². The molecule has 0 aliphatic rings. The Bertz CT molecular complexity index is 922. The van der Waals surface area contributed by atoms with Gasteiger partial charge in [0, 0.05) is 30.2 Å². The minimum atomic E-state index is 0.476. The lowest BCUT2D eigenvalue weighted by Crippen LogP contribution is -1.99. The van der Waals surface area contributed by atoms with E-state index in [1.165, 1.54) is 6.33 Å². The fourth-order valence-electron chi connectivity index (χ4n) is 2.31. The molecule has 0 unspecified atom stereocenters. The van der Waals surface area contributed by atoms with E-state index < -0.39 is 0 Å². The molecule has 0 saturated heterocycles. The molecule has 0 radical (unpaired) electrons. The summed E-state index contributed by atoms with van der Waals surface area (Å²) < 4.78 is 7.61. The molecule has 0 saturated carbocycles. The Labute approximate surface area is 132 Å². The Hall–Kier alpha value is -3.28. The maximum Gasteiger partial charge on any atom is 0.237 e. The van der Waals surface area contributed by atoms with Crippen LogP contribution in [0.3, 0.4) is 0 Å². The van der Waals surface area contributed by atoms with E-state index >= 15 is 0 Å². The zero-order valence-electron chi connectivity index (χ0n) is 12.2. The monoisotopic (exact) mass is 303 g/mol. The fraction of sp³-hybridized carbons (Fsp3) is 0.0588. The predicted molar refractivity (Wildman–Crippen MR) is 84.8 cm³/mol.